The molecule has 0 saturated heterocycles. The highest BCUT2D eigenvalue weighted by Gasteiger charge is 2.01. The quantitative estimate of drug-likeness (QED) is 0.307. The minimum atomic E-state index is -0.387. The second kappa shape index (κ2) is 9.56. The molecule has 0 rings (SSSR count). The van der Waals surface area contributed by atoms with Crippen molar-refractivity contribution in [3.8, 4) is 6.07 Å². The normalized spacial score (nSPS) is 8.86. The molecule has 0 aromatic heterocycles. The first-order valence-corrected chi connectivity index (χ1v) is 3.98. The Morgan fingerprint density at radius 1 is 1.64 bits per heavy atom. The van der Waals surface area contributed by atoms with E-state index in [9.17, 15) is 4.79 Å². The monoisotopic (exact) mass is 213 g/mol. The second-order valence-electron chi connectivity index (χ2n) is 2.10. The number of carbonyl (C=O) groups excluding carboxylic acids is 1. The number of ether oxygens (including phenoxy) is 1. The summed E-state index contributed by atoms with van der Waals surface area (Å²) in [4.78, 5) is 10.7. The van der Waals surface area contributed by atoms with Crippen LogP contribution in [0.15, 0.2) is 35.9 Å². The Morgan fingerprint density at radius 2 is 2.07 bits per heavy atom. The van der Waals surface area contributed by atoms with Crippen LogP contribution in [0.5, 0.6) is 0 Å². The molecule has 14 heavy (non-hydrogen) atoms. The SMILES string of the molecule is C=C(Cl)C=C(C)C(=O)OC.C=CC#N. The van der Waals surface area contributed by atoms with Crippen LogP contribution in [-0.4, -0.2) is 13.1 Å². The number of hydrogen-bond donors (Lipinski definition) is 0. The molecule has 3 nitrogen and oxygen atoms in total. The van der Waals surface area contributed by atoms with E-state index >= 15 is 0 Å². The van der Waals surface area contributed by atoms with Crippen molar-refractivity contribution < 1.29 is 9.53 Å². The fourth-order valence-corrected chi connectivity index (χ4v) is 0.619. The van der Waals surface area contributed by atoms with Gasteiger partial charge >= 0.3 is 5.97 Å². The van der Waals surface area contributed by atoms with Crippen molar-refractivity contribution in [2.75, 3.05) is 7.11 Å². The smallest absolute Gasteiger partial charge is 0.333 e. The minimum Gasteiger partial charge on any atom is -0.466 e. The largest absolute Gasteiger partial charge is 0.466 e. The van der Waals surface area contributed by atoms with Gasteiger partial charge in [0.2, 0.25) is 0 Å². The first kappa shape index (κ1) is 15.0. The molecule has 0 radical (unpaired) electrons. The molecule has 0 fully saturated rings. The van der Waals surface area contributed by atoms with E-state index in [4.69, 9.17) is 16.9 Å². The molecule has 0 aromatic rings. The number of carbonyl (C=O) groups is 1. The maximum Gasteiger partial charge on any atom is 0.333 e. The van der Waals surface area contributed by atoms with Crippen LogP contribution in [0.3, 0.4) is 0 Å². The van der Waals surface area contributed by atoms with E-state index in [1.165, 1.54) is 19.3 Å². The number of hydrogen-bond acceptors (Lipinski definition) is 3. The van der Waals surface area contributed by atoms with Gasteiger partial charge in [-0.25, -0.2) is 4.79 Å². The van der Waals surface area contributed by atoms with E-state index in [0.29, 0.717) is 10.6 Å². The molecule has 0 atom stereocenters. The van der Waals surface area contributed by atoms with Crippen LogP contribution in [0.4, 0.5) is 0 Å². The molecule has 0 saturated carbocycles. The number of nitriles is 1. The Labute approximate surface area is 88.9 Å². The molecule has 4 heteroatoms. The van der Waals surface area contributed by atoms with Crippen LogP contribution in [0.1, 0.15) is 6.92 Å². The molecule has 0 heterocycles. The van der Waals surface area contributed by atoms with Crippen LogP contribution in [0, 0.1) is 11.3 Å². The summed E-state index contributed by atoms with van der Waals surface area (Å²) in [7, 11) is 1.32. The van der Waals surface area contributed by atoms with E-state index in [1.54, 1.807) is 13.0 Å². The third-order valence-electron chi connectivity index (χ3n) is 0.972. The lowest BCUT2D eigenvalue weighted by Gasteiger charge is -1.95. The summed E-state index contributed by atoms with van der Waals surface area (Å²) in [5, 5.41) is 7.83. The molecule has 0 spiro atoms. The molecule has 0 aliphatic carbocycles. The maximum absolute atomic E-state index is 10.7. The number of allylic oxidation sites excluding steroid dienone is 3. The molecule has 0 aliphatic heterocycles. The molecule has 0 unspecified atom stereocenters. The van der Waals surface area contributed by atoms with E-state index in [0.717, 1.165) is 0 Å². The van der Waals surface area contributed by atoms with Gasteiger partial charge in [0.15, 0.2) is 0 Å². The molecule has 0 aliphatic rings. The van der Waals surface area contributed by atoms with Gasteiger partial charge in [-0.05, 0) is 13.0 Å². The average Bonchev–Trinajstić information content (AvgIpc) is 2.16. The predicted molar refractivity (Wildman–Crippen MR) is 56.6 cm³/mol. The fraction of sp³-hybridized carbons (Fsp3) is 0.200. The Morgan fingerprint density at radius 3 is 2.29 bits per heavy atom. The summed E-state index contributed by atoms with van der Waals surface area (Å²) >= 11 is 5.40. The van der Waals surface area contributed by atoms with Crippen molar-refractivity contribution in [3.05, 3.63) is 35.9 Å². The molecule has 0 amide bonds. The van der Waals surface area contributed by atoms with Crippen LogP contribution in [0.2, 0.25) is 0 Å². The highest BCUT2D eigenvalue weighted by molar-refractivity contribution is 6.31. The minimum absolute atomic E-state index is 0.322. The van der Waals surface area contributed by atoms with Crippen LogP contribution in [0.25, 0.3) is 0 Å². The topological polar surface area (TPSA) is 50.1 Å². The van der Waals surface area contributed by atoms with E-state index < -0.39 is 0 Å². The second-order valence-corrected chi connectivity index (χ2v) is 2.58. The maximum atomic E-state index is 10.7. The Hall–Kier alpha value is -1.53. The van der Waals surface area contributed by atoms with Gasteiger partial charge in [-0.3, -0.25) is 0 Å². The van der Waals surface area contributed by atoms with Gasteiger partial charge in [0.05, 0.1) is 13.2 Å². The molecule has 0 bridgehead atoms. The third-order valence-corrected chi connectivity index (χ3v) is 1.08. The first-order valence-electron chi connectivity index (χ1n) is 3.61. The van der Waals surface area contributed by atoms with Crippen LogP contribution >= 0.6 is 11.6 Å². The summed E-state index contributed by atoms with van der Waals surface area (Å²) < 4.78 is 4.41. The summed E-state index contributed by atoms with van der Waals surface area (Å²) in [6.45, 7) is 8.12. The van der Waals surface area contributed by atoms with Crippen molar-refractivity contribution in [3.63, 3.8) is 0 Å². The molecular formula is C10H12ClNO2. The lowest BCUT2D eigenvalue weighted by atomic mass is 10.3. The van der Waals surface area contributed by atoms with Gasteiger partial charge < -0.3 is 4.74 Å². The summed E-state index contributed by atoms with van der Waals surface area (Å²) in [6.07, 6.45) is 2.63. The lowest BCUT2D eigenvalue weighted by Crippen LogP contribution is -2.00. The van der Waals surface area contributed by atoms with Crippen LogP contribution in [-0.2, 0) is 9.53 Å². The Kier molecular flexibility index (Phi) is 10.2. The molecule has 0 aromatic carbocycles. The van der Waals surface area contributed by atoms with E-state index in [1.807, 2.05) is 0 Å². The van der Waals surface area contributed by atoms with Gasteiger partial charge in [0, 0.05) is 16.7 Å². The van der Waals surface area contributed by atoms with Crippen molar-refractivity contribution in [2.45, 2.75) is 6.92 Å². The number of rotatable bonds is 2. The van der Waals surface area contributed by atoms with Gasteiger partial charge in [-0.15, -0.1) is 0 Å². The standard InChI is InChI=1S/C7H9ClO2.C3H3N/c1-5(4-6(2)8)7(9)10-3;1-2-3-4/h4H,2H2,1,3H3;2H,1H2. The number of nitrogens with zero attached hydrogens (tertiary/aromatic N) is 1. The zero-order chi connectivity index (χ0) is 11.6. The van der Waals surface area contributed by atoms with Crippen molar-refractivity contribution in [1.29, 1.82) is 5.26 Å². The molecule has 76 valence electrons. The predicted octanol–water partition coefficient (Wildman–Crippen LogP) is 2.55. The summed E-state index contributed by atoms with van der Waals surface area (Å²) in [5.41, 5.74) is 0.447. The highest BCUT2D eigenvalue weighted by atomic mass is 35.5. The zero-order valence-corrected chi connectivity index (χ0v) is 8.97. The summed E-state index contributed by atoms with van der Waals surface area (Å²) in [5.74, 6) is -0.387. The molecule has 0 N–H and O–H groups in total. The number of esters is 1. The van der Waals surface area contributed by atoms with Gasteiger partial charge in [-0.2, -0.15) is 5.26 Å². The molecular weight excluding hydrogens is 202 g/mol. The van der Waals surface area contributed by atoms with Gasteiger partial charge in [0.25, 0.3) is 0 Å². The Balaban J connectivity index is 0. The number of halogens is 1. The Bertz CT molecular complexity index is 287. The van der Waals surface area contributed by atoms with E-state index in [2.05, 4.69) is 17.9 Å². The average molecular weight is 214 g/mol. The fourth-order valence-electron chi connectivity index (χ4n) is 0.455. The van der Waals surface area contributed by atoms with Crippen LogP contribution < -0.4 is 0 Å². The zero-order valence-electron chi connectivity index (χ0n) is 8.21. The third kappa shape index (κ3) is 10.5. The van der Waals surface area contributed by atoms with E-state index in [-0.39, 0.29) is 5.97 Å². The lowest BCUT2D eigenvalue weighted by molar-refractivity contribution is -0.136. The van der Waals surface area contributed by atoms with Crippen molar-refractivity contribution in [1.82, 2.24) is 0 Å². The van der Waals surface area contributed by atoms with Gasteiger partial charge in [-0.1, -0.05) is 24.8 Å². The van der Waals surface area contributed by atoms with Crippen molar-refractivity contribution in [2.24, 2.45) is 0 Å². The highest BCUT2D eigenvalue weighted by Crippen LogP contribution is 2.04. The van der Waals surface area contributed by atoms with Crippen molar-refractivity contribution >= 4 is 17.6 Å². The summed E-state index contributed by atoms with van der Waals surface area (Å²) in [6, 6.07) is 1.69. The number of methoxy groups -OCH3 is 1. The first-order chi connectivity index (χ1) is 6.49. The van der Waals surface area contributed by atoms with Gasteiger partial charge in [0.1, 0.15) is 0 Å².